The van der Waals surface area contributed by atoms with Crippen LogP contribution in [0.4, 0.5) is 0 Å². The summed E-state index contributed by atoms with van der Waals surface area (Å²) in [7, 11) is -2.04. The van der Waals surface area contributed by atoms with Crippen LogP contribution in [0, 0.1) is 11.7 Å². The summed E-state index contributed by atoms with van der Waals surface area (Å²) in [4.78, 5) is 1.36. The molecule has 0 aromatic carbocycles. The first-order valence-electron chi connectivity index (χ1n) is 4.35. The fourth-order valence-electron chi connectivity index (χ4n) is 1.29. The van der Waals surface area contributed by atoms with E-state index in [1.54, 1.807) is 11.3 Å². The second-order valence-corrected chi connectivity index (χ2v) is 12.9. The molecule has 0 atom stereocenters. The molecule has 2 heterocycles. The lowest BCUT2D eigenvalue weighted by atomic mass is 10.5. The van der Waals surface area contributed by atoms with Gasteiger partial charge in [0.1, 0.15) is 0 Å². The Kier molecular flexibility index (Phi) is 1.98. The van der Waals surface area contributed by atoms with E-state index in [0.29, 0.717) is 0 Å². The zero-order chi connectivity index (χ0) is 10.6. The van der Waals surface area contributed by atoms with Gasteiger partial charge < -0.3 is 0 Å². The number of thiophene rings is 2. The molecule has 0 amide bonds. The van der Waals surface area contributed by atoms with E-state index in [0.717, 1.165) is 0 Å². The molecule has 1 nitrogen and oxygen atoms in total. The molecule has 0 unspecified atom stereocenters. The summed E-state index contributed by atoms with van der Waals surface area (Å²) in [6.45, 7) is 2.14. The number of hydrogen-bond donors (Lipinski definition) is 1. The van der Waals surface area contributed by atoms with Crippen LogP contribution in [0.25, 0.3) is 9.40 Å². The van der Waals surface area contributed by atoms with Crippen LogP contribution in [-0.2, 0) is 8.96 Å². The molecule has 14 heavy (non-hydrogen) atoms. The first kappa shape index (κ1) is 10.3. The van der Waals surface area contributed by atoms with Gasteiger partial charge in [-0.05, 0) is 37.8 Å². The van der Waals surface area contributed by atoms with Gasteiger partial charge in [-0.3, -0.25) is 4.78 Å². The predicted molar refractivity (Wildman–Crippen MR) is 70.6 cm³/mol. The van der Waals surface area contributed by atoms with Crippen LogP contribution in [0.5, 0.6) is 0 Å². The largest absolute Gasteiger partial charge is 0.294 e. The Hall–Kier alpha value is -0.190. The van der Waals surface area contributed by atoms with E-state index in [1.165, 1.54) is 18.5 Å². The van der Waals surface area contributed by atoms with Crippen LogP contribution in [-0.4, -0.2) is 18.8 Å². The fraction of sp³-hybridized carbons (Fsp3) is 0.400. The van der Waals surface area contributed by atoms with Gasteiger partial charge in [-0.1, -0.05) is 0 Å². The van der Waals surface area contributed by atoms with E-state index < -0.39 is 8.96 Å². The molecule has 2 rings (SSSR count). The molecular formula is C10H15NS3. The van der Waals surface area contributed by atoms with Crippen molar-refractivity contribution in [1.82, 2.24) is 0 Å². The highest BCUT2D eigenvalue weighted by Crippen LogP contribution is 2.40. The summed E-state index contributed by atoms with van der Waals surface area (Å²) in [6.07, 6.45) is 6.21. The van der Waals surface area contributed by atoms with Crippen LogP contribution < -0.4 is 0 Å². The van der Waals surface area contributed by atoms with E-state index in [-0.39, 0.29) is 0 Å². The van der Waals surface area contributed by atoms with Crippen LogP contribution >= 0.6 is 22.7 Å². The van der Waals surface area contributed by atoms with Crippen molar-refractivity contribution in [3.05, 3.63) is 17.0 Å². The van der Waals surface area contributed by atoms with Gasteiger partial charge in [-0.2, -0.15) is 8.96 Å². The average Bonchev–Trinajstić information content (AvgIpc) is 2.38. The SMILES string of the molecule is Cc1cc2sc(S(C)(C)(C)=N)cc2s1. The first-order valence-corrected chi connectivity index (χ1v) is 9.25. The third-order valence-electron chi connectivity index (χ3n) is 2.01. The summed E-state index contributed by atoms with van der Waals surface area (Å²) < 4.78 is 12.3. The van der Waals surface area contributed by atoms with Gasteiger partial charge in [0, 0.05) is 14.3 Å². The molecule has 0 saturated carbocycles. The van der Waals surface area contributed by atoms with Gasteiger partial charge in [0.2, 0.25) is 0 Å². The molecule has 2 aromatic rings. The lowest BCUT2D eigenvalue weighted by Gasteiger charge is -2.31. The third-order valence-corrected chi connectivity index (χ3v) is 7.54. The average molecular weight is 245 g/mol. The van der Waals surface area contributed by atoms with Crippen molar-refractivity contribution in [3.8, 4) is 0 Å². The van der Waals surface area contributed by atoms with Crippen molar-refractivity contribution >= 4 is 41.0 Å². The Morgan fingerprint density at radius 3 is 2.14 bits per heavy atom. The smallest absolute Gasteiger partial charge is 0.0541 e. The second-order valence-electron chi connectivity index (χ2n) is 4.70. The Bertz CT molecular complexity index is 510. The van der Waals surface area contributed by atoms with Gasteiger partial charge in [0.05, 0.1) is 4.21 Å². The van der Waals surface area contributed by atoms with E-state index >= 15 is 0 Å². The quantitative estimate of drug-likeness (QED) is 0.786. The molecule has 0 aliphatic rings. The molecule has 0 aliphatic carbocycles. The molecule has 2 aromatic heterocycles. The monoisotopic (exact) mass is 245 g/mol. The number of nitrogens with one attached hydrogen (secondary N) is 1. The van der Waals surface area contributed by atoms with Crippen LogP contribution in [0.2, 0.25) is 0 Å². The number of fused-ring (bicyclic) bond motifs is 1. The van der Waals surface area contributed by atoms with E-state index in [1.807, 2.05) is 11.3 Å². The maximum absolute atomic E-state index is 8.38. The van der Waals surface area contributed by atoms with Crippen molar-refractivity contribution in [1.29, 1.82) is 4.78 Å². The molecule has 0 saturated heterocycles. The maximum Gasteiger partial charge on any atom is 0.0541 e. The van der Waals surface area contributed by atoms with Gasteiger partial charge >= 0.3 is 0 Å². The summed E-state index contributed by atoms with van der Waals surface area (Å²) in [5.41, 5.74) is 0. The molecule has 0 aliphatic heterocycles. The normalized spacial score (nSPS) is 15.6. The summed E-state index contributed by atoms with van der Waals surface area (Å²) in [5.74, 6) is 0. The molecule has 0 fully saturated rings. The molecule has 78 valence electrons. The van der Waals surface area contributed by atoms with Crippen molar-refractivity contribution in [2.45, 2.75) is 11.1 Å². The Balaban J connectivity index is 2.69. The Morgan fingerprint density at radius 1 is 1.07 bits per heavy atom. The molecular weight excluding hydrogens is 230 g/mol. The van der Waals surface area contributed by atoms with E-state index in [9.17, 15) is 0 Å². The van der Waals surface area contributed by atoms with Crippen molar-refractivity contribution in [2.75, 3.05) is 18.8 Å². The standard InChI is InChI=1S/C10H15NS3/c1-7-5-8-9(12-7)6-10(13-8)14(2,3,4)11/h5-6,11H,1-4H3. The summed E-state index contributed by atoms with van der Waals surface area (Å²) >= 11 is 3.63. The number of aryl methyl sites for hydroxylation is 1. The molecule has 0 radical (unpaired) electrons. The zero-order valence-corrected chi connectivity index (χ0v) is 11.3. The number of hydrogen-bond acceptors (Lipinski definition) is 3. The van der Waals surface area contributed by atoms with Crippen LogP contribution in [0.1, 0.15) is 4.88 Å². The first-order chi connectivity index (χ1) is 6.22. The highest BCUT2D eigenvalue weighted by Gasteiger charge is 2.20. The zero-order valence-electron chi connectivity index (χ0n) is 8.88. The van der Waals surface area contributed by atoms with Gasteiger partial charge in [-0.15, -0.1) is 22.7 Å². The summed E-state index contributed by atoms with van der Waals surface area (Å²) in [5, 5.41) is 0. The molecule has 0 spiro atoms. The lowest BCUT2D eigenvalue weighted by Crippen LogP contribution is -2.23. The van der Waals surface area contributed by atoms with Crippen molar-refractivity contribution in [3.63, 3.8) is 0 Å². The second kappa shape index (κ2) is 2.68. The maximum atomic E-state index is 8.38. The fourth-order valence-corrected chi connectivity index (χ4v) is 5.38. The Morgan fingerprint density at radius 2 is 1.64 bits per heavy atom. The van der Waals surface area contributed by atoms with Gasteiger partial charge in [0.25, 0.3) is 0 Å². The van der Waals surface area contributed by atoms with E-state index in [2.05, 4.69) is 37.8 Å². The molecule has 1 N–H and O–H groups in total. The van der Waals surface area contributed by atoms with Crippen LogP contribution in [0.15, 0.2) is 16.3 Å². The van der Waals surface area contributed by atoms with E-state index in [4.69, 9.17) is 4.78 Å². The topological polar surface area (TPSA) is 23.9 Å². The predicted octanol–water partition coefficient (Wildman–Crippen LogP) is 3.97. The van der Waals surface area contributed by atoms with Gasteiger partial charge in [-0.25, -0.2) is 0 Å². The minimum atomic E-state index is -2.04. The number of rotatable bonds is 1. The third kappa shape index (κ3) is 1.78. The van der Waals surface area contributed by atoms with Gasteiger partial charge in [0.15, 0.2) is 0 Å². The highest BCUT2D eigenvalue weighted by molar-refractivity contribution is 8.20. The minimum absolute atomic E-state index is 1.25. The molecule has 4 heteroatoms. The van der Waals surface area contributed by atoms with Crippen LogP contribution in [0.3, 0.4) is 0 Å². The lowest BCUT2D eigenvalue weighted by molar-refractivity contribution is 1.50. The minimum Gasteiger partial charge on any atom is -0.294 e. The van der Waals surface area contributed by atoms with Crippen molar-refractivity contribution in [2.24, 2.45) is 0 Å². The van der Waals surface area contributed by atoms with Crippen molar-refractivity contribution < 1.29 is 0 Å². The highest BCUT2D eigenvalue weighted by atomic mass is 32.3. The molecule has 0 bridgehead atoms. The Labute approximate surface area is 92.6 Å². The summed E-state index contributed by atoms with van der Waals surface area (Å²) in [6, 6.07) is 4.44.